The van der Waals surface area contributed by atoms with Crippen LogP contribution >= 0.6 is 11.6 Å². The first-order valence-corrected chi connectivity index (χ1v) is 13.0. The van der Waals surface area contributed by atoms with Crippen molar-refractivity contribution in [3.05, 3.63) is 57.2 Å². The van der Waals surface area contributed by atoms with E-state index in [9.17, 15) is 10.1 Å². The molecule has 0 unspecified atom stereocenters. The van der Waals surface area contributed by atoms with Crippen molar-refractivity contribution in [2.45, 2.75) is 64.7 Å². The summed E-state index contributed by atoms with van der Waals surface area (Å²) in [6.45, 7) is 6.23. The summed E-state index contributed by atoms with van der Waals surface area (Å²) >= 11 is 6.42. The van der Waals surface area contributed by atoms with E-state index in [0.717, 1.165) is 53.3 Å². The number of azo groups is 1. The van der Waals surface area contributed by atoms with E-state index >= 15 is 0 Å². The van der Waals surface area contributed by atoms with E-state index in [-0.39, 0.29) is 12.0 Å². The van der Waals surface area contributed by atoms with Crippen LogP contribution in [0.15, 0.2) is 45.6 Å². The second-order valence-electron chi connectivity index (χ2n) is 10.5. The van der Waals surface area contributed by atoms with Crippen LogP contribution in [0.3, 0.4) is 0 Å². The number of carbonyl (C=O) groups is 1. The number of ether oxygens (including phenoxy) is 2. The maximum atomic E-state index is 13.1. The van der Waals surface area contributed by atoms with Crippen LogP contribution in [0.25, 0.3) is 11.8 Å². The predicted octanol–water partition coefficient (Wildman–Crippen LogP) is 5.26. The van der Waals surface area contributed by atoms with E-state index in [2.05, 4.69) is 21.3 Å². The summed E-state index contributed by atoms with van der Waals surface area (Å²) in [6.07, 6.45) is 6.74. The number of hydrogen-bond donors (Lipinski definition) is 1. The molecule has 0 bridgehead atoms. The van der Waals surface area contributed by atoms with Crippen LogP contribution in [-0.4, -0.2) is 29.3 Å². The Morgan fingerprint density at radius 1 is 1.22 bits per heavy atom. The molecule has 5 rings (SSSR count). The third-order valence-electron chi connectivity index (χ3n) is 6.76. The average Bonchev–Trinajstić information content (AvgIpc) is 3.12. The molecule has 1 aliphatic carbocycles. The van der Waals surface area contributed by atoms with Gasteiger partial charge in [0.15, 0.2) is 0 Å². The second kappa shape index (κ2) is 10.1. The second-order valence-corrected chi connectivity index (χ2v) is 11.0. The highest BCUT2D eigenvalue weighted by atomic mass is 35.5. The highest BCUT2D eigenvalue weighted by molar-refractivity contribution is 6.34. The lowest BCUT2D eigenvalue weighted by molar-refractivity contribution is 0.0584. The van der Waals surface area contributed by atoms with Crippen LogP contribution in [0.2, 0.25) is 0 Å². The number of aromatic amines is 1. The van der Waals surface area contributed by atoms with Gasteiger partial charge in [-0.25, -0.2) is 4.79 Å². The molecule has 8 nitrogen and oxygen atoms in total. The molecule has 3 heterocycles. The molecular weight excluding hydrogens is 490 g/mol. The minimum absolute atomic E-state index is 0.0478. The molecule has 1 saturated carbocycles. The number of allylic oxidation sites excluding steroid dienone is 1. The van der Waals surface area contributed by atoms with Gasteiger partial charge in [0.25, 0.3) is 0 Å². The SMILES string of the molecule is CC(C)(C)OC(=O)N1CC=C(Cl)C=c2[nH]c3c(c21)CN=NC=3C1CCC(Oc2ccccc2C#N)CC1. The standard InChI is InChI=1S/C28H30ClN5O3/c1-28(2,3)37-27(35)34-13-12-19(29)14-22-26(34)21-16-31-33-24(25(21)32-22)17-8-10-20(11-9-17)36-23-7-5-4-6-18(23)15-30/h4-7,12,14,17,20,32H,8-11,13,16H2,1-3H3. The number of hydrogen-bond acceptors (Lipinski definition) is 6. The van der Waals surface area contributed by atoms with Gasteiger partial charge in [0, 0.05) is 23.1 Å². The summed E-state index contributed by atoms with van der Waals surface area (Å²) in [7, 11) is 0. The van der Waals surface area contributed by atoms with E-state index in [1.165, 1.54) is 0 Å². The van der Waals surface area contributed by atoms with E-state index in [1.807, 2.05) is 45.0 Å². The fourth-order valence-electron chi connectivity index (χ4n) is 5.10. The summed E-state index contributed by atoms with van der Waals surface area (Å²) in [5, 5.41) is 20.6. The van der Waals surface area contributed by atoms with Gasteiger partial charge in [0.2, 0.25) is 0 Å². The lowest BCUT2D eigenvalue weighted by Crippen LogP contribution is -2.39. The number of amides is 1. The van der Waals surface area contributed by atoms with E-state index in [0.29, 0.717) is 29.4 Å². The molecule has 192 valence electrons. The molecule has 0 atom stereocenters. The number of benzene rings is 1. The van der Waals surface area contributed by atoms with E-state index in [4.69, 9.17) is 21.1 Å². The summed E-state index contributed by atoms with van der Waals surface area (Å²) in [5.74, 6) is 0.841. The number of H-pyrrole nitrogens is 1. The molecule has 0 radical (unpaired) electrons. The molecular formula is C28H30ClN5O3. The number of nitrogens with zero attached hydrogens (tertiary/aromatic N) is 4. The van der Waals surface area contributed by atoms with Crippen LogP contribution < -0.4 is 20.3 Å². The Hall–Kier alpha value is -3.57. The maximum Gasteiger partial charge on any atom is 0.415 e. The zero-order chi connectivity index (χ0) is 26.2. The van der Waals surface area contributed by atoms with Crippen LogP contribution in [0.5, 0.6) is 5.75 Å². The maximum absolute atomic E-state index is 13.1. The summed E-state index contributed by atoms with van der Waals surface area (Å²) < 4.78 is 11.9. The monoisotopic (exact) mass is 519 g/mol. The molecule has 1 N–H and O–H groups in total. The average molecular weight is 520 g/mol. The van der Waals surface area contributed by atoms with Crippen LogP contribution in [0.1, 0.15) is 57.6 Å². The molecule has 1 aromatic carbocycles. The number of aromatic nitrogens is 1. The van der Waals surface area contributed by atoms with Gasteiger partial charge in [0.05, 0.1) is 40.3 Å². The van der Waals surface area contributed by atoms with Gasteiger partial charge in [-0.2, -0.15) is 15.5 Å². The van der Waals surface area contributed by atoms with Crippen molar-refractivity contribution >= 4 is 35.2 Å². The lowest BCUT2D eigenvalue weighted by atomic mass is 9.84. The smallest absolute Gasteiger partial charge is 0.415 e. The first kappa shape index (κ1) is 25.1. The predicted molar refractivity (Wildman–Crippen MR) is 142 cm³/mol. The third kappa shape index (κ3) is 5.28. The van der Waals surface area contributed by atoms with Gasteiger partial charge >= 0.3 is 6.09 Å². The van der Waals surface area contributed by atoms with E-state index < -0.39 is 11.7 Å². The van der Waals surface area contributed by atoms with Crippen molar-refractivity contribution in [1.82, 2.24) is 4.98 Å². The molecule has 37 heavy (non-hydrogen) atoms. The number of para-hydroxylation sites is 1. The molecule has 2 aromatic rings. The zero-order valence-electron chi connectivity index (χ0n) is 21.3. The van der Waals surface area contributed by atoms with Crippen molar-refractivity contribution in [2.24, 2.45) is 16.1 Å². The number of rotatable bonds is 3. The summed E-state index contributed by atoms with van der Waals surface area (Å²) in [5.41, 5.74) is 2.52. The van der Waals surface area contributed by atoms with Crippen LogP contribution in [0.4, 0.5) is 10.5 Å². The van der Waals surface area contributed by atoms with Gasteiger partial charge in [-0.1, -0.05) is 23.7 Å². The normalized spacial score (nSPS) is 21.1. The molecule has 1 amide bonds. The first-order chi connectivity index (χ1) is 17.7. The molecule has 9 heteroatoms. The van der Waals surface area contributed by atoms with Gasteiger partial charge in [-0.05, 0) is 70.7 Å². The van der Waals surface area contributed by atoms with Crippen molar-refractivity contribution < 1.29 is 14.3 Å². The molecule has 2 aliphatic heterocycles. The number of anilines is 1. The Kier molecular flexibility index (Phi) is 6.82. The van der Waals surface area contributed by atoms with Gasteiger partial charge < -0.3 is 14.5 Å². The molecule has 0 saturated heterocycles. The Labute approximate surface area is 220 Å². The molecule has 1 fully saturated rings. The van der Waals surface area contributed by atoms with Gasteiger partial charge in [0.1, 0.15) is 17.4 Å². The minimum Gasteiger partial charge on any atom is -0.489 e. The highest BCUT2D eigenvalue weighted by Gasteiger charge is 2.32. The number of halogens is 1. The topological polar surface area (TPSA) is 103 Å². The van der Waals surface area contributed by atoms with Crippen molar-refractivity contribution in [3.8, 4) is 11.8 Å². The number of carbonyl (C=O) groups excluding carboxylic acids is 1. The highest BCUT2D eigenvalue weighted by Crippen LogP contribution is 2.35. The number of nitrogens with one attached hydrogen (secondary N) is 1. The van der Waals surface area contributed by atoms with E-state index in [1.54, 1.807) is 17.0 Å². The molecule has 3 aliphatic rings. The molecule has 1 aromatic heterocycles. The molecule has 0 spiro atoms. The van der Waals surface area contributed by atoms with Gasteiger partial charge in [-0.3, -0.25) is 4.90 Å². The minimum atomic E-state index is -0.622. The van der Waals surface area contributed by atoms with Crippen molar-refractivity contribution in [2.75, 3.05) is 11.4 Å². The van der Waals surface area contributed by atoms with Crippen molar-refractivity contribution in [3.63, 3.8) is 0 Å². The Morgan fingerprint density at radius 2 is 1.97 bits per heavy atom. The van der Waals surface area contributed by atoms with Crippen LogP contribution in [-0.2, 0) is 11.3 Å². The van der Waals surface area contributed by atoms with Crippen molar-refractivity contribution in [1.29, 1.82) is 5.26 Å². The zero-order valence-corrected chi connectivity index (χ0v) is 22.0. The van der Waals surface area contributed by atoms with Gasteiger partial charge in [-0.15, -0.1) is 0 Å². The Morgan fingerprint density at radius 3 is 2.70 bits per heavy atom. The Balaban J connectivity index is 1.43. The third-order valence-corrected chi connectivity index (χ3v) is 7.03. The quantitative estimate of drug-likeness (QED) is 0.597. The first-order valence-electron chi connectivity index (χ1n) is 12.6. The fourth-order valence-corrected chi connectivity index (χ4v) is 5.28. The summed E-state index contributed by atoms with van der Waals surface area (Å²) in [6, 6.07) is 9.54. The number of nitriles is 1. The lowest BCUT2D eigenvalue weighted by Gasteiger charge is -2.30. The number of fused-ring (bicyclic) bond motifs is 3. The van der Waals surface area contributed by atoms with Crippen LogP contribution in [0, 0.1) is 17.2 Å². The fraction of sp³-hybridized carbons (Fsp3) is 0.429. The largest absolute Gasteiger partial charge is 0.489 e. The summed E-state index contributed by atoms with van der Waals surface area (Å²) in [4.78, 5) is 18.3. The Bertz CT molecular complexity index is 1440.